The molecule has 0 unspecified atom stereocenters. The van der Waals surface area contributed by atoms with Crippen molar-refractivity contribution < 1.29 is 0 Å². The van der Waals surface area contributed by atoms with Crippen LogP contribution < -0.4 is 11.2 Å². The van der Waals surface area contributed by atoms with Crippen LogP contribution >= 0.6 is 0 Å². The smallest absolute Gasteiger partial charge is 0.147 e. The third kappa shape index (κ3) is 1.31. The van der Waals surface area contributed by atoms with E-state index in [1.807, 2.05) is 38.2 Å². The minimum atomic E-state index is 0.638. The van der Waals surface area contributed by atoms with Crippen LogP contribution in [0.5, 0.6) is 0 Å². The first-order chi connectivity index (χ1) is 6.29. The summed E-state index contributed by atoms with van der Waals surface area (Å²) in [6.45, 7) is 0. The van der Waals surface area contributed by atoms with Crippen LogP contribution in [-0.2, 0) is 0 Å². The molecule has 0 aliphatic rings. The Morgan fingerprint density at radius 1 is 1.23 bits per heavy atom. The maximum Gasteiger partial charge on any atom is 0.147 e. The largest absolute Gasteiger partial charge is 0.385 e. The van der Waals surface area contributed by atoms with Crippen molar-refractivity contribution >= 4 is 19.1 Å². The Labute approximate surface area is 77.4 Å². The van der Waals surface area contributed by atoms with Crippen molar-refractivity contribution in [3.8, 4) is 11.3 Å². The number of aromatic nitrogens is 2. The standard InChI is InChI=1S/C9H10BN3/c10-7-8(12-13-9(7)11)6-4-2-1-3-5-6/h1-5H,10H2,(H3,11,12,13). The van der Waals surface area contributed by atoms with Gasteiger partial charge in [0.1, 0.15) is 13.7 Å². The van der Waals surface area contributed by atoms with Gasteiger partial charge in [0.15, 0.2) is 0 Å². The normalized spacial score (nSPS) is 10.2. The molecule has 0 saturated carbocycles. The number of benzene rings is 1. The van der Waals surface area contributed by atoms with Gasteiger partial charge in [-0.3, -0.25) is 5.10 Å². The zero-order chi connectivity index (χ0) is 9.26. The number of hydrogen-bond donors (Lipinski definition) is 2. The molecule has 0 aliphatic carbocycles. The molecule has 0 aliphatic heterocycles. The van der Waals surface area contributed by atoms with Crippen molar-refractivity contribution in [2.75, 3.05) is 5.73 Å². The molecule has 1 heterocycles. The highest BCUT2D eigenvalue weighted by molar-refractivity contribution is 6.38. The number of H-pyrrole nitrogens is 1. The number of rotatable bonds is 1. The van der Waals surface area contributed by atoms with E-state index in [1.165, 1.54) is 0 Å². The van der Waals surface area contributed by atoms with Crippen LogP contribution in [-0.4, -0.2) is 18.0 Å². The fourth-order valence-corrected chi connectivity index (χ4v) is 1.29. The van der Waals surface area contributed by atoms with Crippen molar-refractivity contribution in [1.82, 2.24) is 10.2 Å². The molecule has 1 aromatic heterocycles. The lowest BCUT2D eigenvalue weighted by Crippen LogP contribution is -2.08. The van der Waals surface area contributed by atoms with Gasteiger partial charge < -0.3 is 5.73 Å². The van der Waals surface area contributed by atoms with Gasteiger partial charge >= 0.3 is 0 Å². The van der Waals surface area contributed by atoms with Crippen molar-refractivity contribution in [2.45, 2.75) is 0 Å². The summed E-state index contributed by atoms with van der Waals surface area (Å²) in [5.41, 5.74) is 8.69. The third-order valence-electron chi connectivity index (χ3n) is 2.09. The lowest BCUT2D eigenvalue weighted by Gasteiger charge is -1.96. The van der Waals surface area contributed by atoms with Gasteiger partial charge in [-0.05, 0) is 5.46 Å². The quantitative estimate of drug-likeness (QED) is 0.589. The van der Waals surface area contributed by atoms with Crippen molar-refractivity contribution in [3.05, 3.63) is 30.3 Å². The lowest BCUT2D eigenvalue weighted by atomic mass is 9.92. The molecule has 0 saturated heterocycles. The summed E-state index contributed by atoms with van der Waals surface area (Å²) in [5.74, 6) is 0.638. The fourth-order valence-electron chi connectivity index (χ4n) is 1.29. The number of nitrogens with two attached hydrogens (primary N) is 1. The van der Waals surface area contributed by atoms with Gasteiger partial charge in [0.2, 0.25) is 0 Å². The molecule has 2 rings (SSSR count). The number of anilines is 1. The summed E-state index contributed by atoms with van der Waals surface area (Å²) < 4.78 is 0. The summed E-state index contributed by atoms with van der Waals surface area (Å²) in [4.78, 5) is 0. The second kappa shape index (κ2) is 2.97. The maximum atomic E-state index is 5.66. The average molecular weight is 171 g/mol. The van der Waals surface area contributed by atoms with E-state index in [2.05, 4.69) is 10.2 Å². The molecule has 64 valence electrons. The van der Waals surface area contributed by atoms with E-state index in [0.29, 0.717) is 5.82 Å². The minimum Gasteiger partial charge on any atom is -0.385 e. The van der Waals surface area contributed by atoms with E-state index >= 15 is 0 Å². The molecular formula is C9H10BN3. The molecule has 3 nitrogen and oxygen atoms in total. The Hall–Kier alpha value is -1.71. The second-order valence-electron chi connectivity index (χ2n) is 2.98. The summed E-state index contributed by atoms with van der Waals surface area (Å²) in [6, 6.07) is 9.99. The van der Waals surface area contributed by atoms with E-state index in [1.54, 1.807) is 0 Å². The SMILES string of the molecule is Bc1c(-c2ccccc2)n[nH]c1N. The summed E-state index contributed by atoms with van der Waals surface area (Å²) in [5, 5.41) is 6.90. The van der Waals surface area contributed by atoms with Gasteiger partial charge in [-0.2, -0.15) is 5.10 Å². The van der Waals surface area contributed by atoms with Crippen LogP contribution in [0.15, 0.2) is 30.3 Å². The second-order valence-corrected chi connectivity index (χ2v) is 2.98. The molecule has 0 amide bonds. The predicted molar refractivity (Wildman–Crippen MR) is 56.6 cm³/mol. The van der Waals surface area contributed by atoms with Crippen LogP contribution in [0.3, 0.4) is 0 Å². The first kappa shape index (κ1) is 7.92. The number of aromatic amines is 1. The number of nitrogen functional groups attached to an aromatic ring is 1. The van der Waals surface area contributed by atoms with Gasteiger partial charge in [-0.15, -0.1) is 0 Å². The minimum absolute atomic E-state index is 0.638. The number of nitrogens with one attached hydrogen (secondary N) is 1. The first-order valence-corrected chi connectivity index (χ1v) is 4.15. The predicted octanol–water partition coefficient (Wildman–Crippen LogP) is -0.0827. The van der Waals surface area contributed by atoms with Gasteiger partial charge in [-0.25, -0.2) is 0 Å². The van der Waals surface area contributed by atoms with E-state index in [9.17, 15) is 0 Å². The Bertz CT molecular complexity index is 408. The average Bonchev–Trinajstić information content (AvgIpc) is 2.49. The Morgan fingerprint density at radius 3 is 2.46 bits per heavy atom. The van der Waals surface area contributed by atoms with E-state index < -0.39 is 0 Å². The Morgan fingerprint density at radius 2 is 1.92 bits per heavy atom. The molecule has 1 aromatic carbocycles. The monoisotopic (exact) mass is 171 g/mol. The summed E-state index contributed by atoms with van der Waals surface area (Å²) >= 11 is 0. The van der Waals surface area contributed by atoms with E-state index in [4.69, 9.17) is 5.73 Å². The highest BCUT2D eigenvalue weighted by Crippen LogP contribution is 2.14. The van der Waals surface area contributed by atoms with E-state index in [0.717, 1.165) is 16.7 Å². The molecule has 0 bridgehead atoms. The first-order valence-electron chi connectivity index (χ1n) is 4.15. The van der Waals surface area contributed by atoms with Crippen LogP contribution in [0, 0.1) is 0 Å². The summed E-state index contributed by atoms with van der Waals surface area (Å²) in [6.07, 6.45) is 0. The molecule has 0 fully saturated rings. The molecule has 4 heteroatoms. The highest BCUT2D eigenvalue weighted by Gasteiger charge is 2.06. The van der Waals surface area contributed by atoms with Crippen LogP contribution in [0.25, 0.3) is 11.3 Å². The molecule has 3 N–H and O–H groups in total. The topological polar surface area (TPSA) is 54.7 Å². The van der Waals surface area contributed by atoms with E-state index in [-0.39, 0.29) is 0 Å². The van der Waals surface area contributed by atoms with Gasteiger partial charge in [0.25, 0.3) is 0 Å². The van der Waals surface area contributed by atoms with Gasteiger partial charge in [0, 0.05) is 5.56 Å². The lowest BCUT2D eigenvalue weighted by molar-refractivity contribution is 1.10. The molecule has 0 radical (unpaired) electrons. The number of nitrogens with zero attached hydrogens (tertiary/aromatic N) is 1. The van der Waals surface area contributed by atoms with Crippen molar-refractivity contribution in [3.63, 3.8) is 0 Å². The molecular weight excluding hydrogens is 161 g/mol. The zero-order valence-electron chi connectivity index (χ0n) is 7.41. The van der Waals surface area contributed by atoms with Crippen LogP contribution in [0.2, 0.25) is 0 Å². The zero-order valence-corrected chi connectivity index (χ0v) is 7.41. The van der Waals surface area contributed by atoms with Crippen molar-refractivity contribution in [1.29, 1.82) is 0 Å². The molecule has 0 spiro atoms. The Balaban J connectivity index is 2.53. The Kier molecular flexibility index (Phi) is 1.81. The number of hydrogen-bond acceptors (Lipinski definition) is 2. The maximum absolute atomic E-state index is 5.66. The molecule has 13 heavy (non-hydrogen) atoms. The molecule has 0 atom stereocenters. The van der Waals surface area contributed by atoms with Crippen LogP contribution in [0.1, 0.15) is 0 Å². The summed E-state index contributed by atoms with van der Waals surface area (Å²) in [7, 11) is 1.96. The van der Waals surface area contributed by atoms with Gasteiger partial charge in [0.05, 0.1) is 5.69 Å². The molecule has 2 aromatic rings. The van der Waals surface area contributed by atoms with Crippen LogP contribution in [0.4, 0.5) is 5.82 Å². The third-order valence-corrected chi connectivity index (χ3v) is 2.09. The van der Waals surface area contributed by atoms with Gasteiger partial charge in [-0.1, -0.05) is 30.3 Å². The fraction of sp³-hybridized carbons (Fsp3) is 0. The highest BCUT2D eigenvalue weighted by atomic mass is 15.2. The van der Waals surface area contributed by atoms with Crippen molar-refractivity contribution in [2.24, 2.45) is 0 Å².